The second-order valence-electron chi connectivity index (χ2n) is 7.57. The monoisotopic (exact) mass is 431 g/mol. The Hall–Kier alpha value is -2.06. The van der Waals surface area contributed by atoms with Crippen LogP contribution >= 0.6 is 14.3 Å². The van der Waals surface area contributed by atoms with Gasteiger partial charge in [0.1, 0.15) is 7.05 Å². The van der Waals surface area contributed by atoms with Gasteiger partial charge in [-0.3, -0.25) is 0 Å². The summed E-state index contributed by atoms with van der Waals surface area (Å²) in [5, 5.41) is 2.57. The van der Waals surface area contributed by atoms with Crippen molar-refractivity contribution >= 4 is 32.5 Å². The molecule has 0 unspecified atom stereocenters. The average molecular weight is 431 g/mol. The van der Waals surface area contributed by atoms with Gasteiger partial charge >= 0.3 is 0 Å². The molecule has 154 valence electrons. The molecule has 0 amide bonds. The maximum atomic E-state index is 5.95. The molecule has 0 saturated heterocycles. The van der Waals surface area contributed by atoms with E-state index >= 15 is 0 Å². The highest BCUT2D eigenvalue weighted by atomic mass is 31.2. The van der Waals surface area contributed by atoms with Gasteiger partial charge in [0.25, 0.3) is 0 Å². The Morgan fingerprint density at radius 2 is 1.10 bits per heavy atom. The summed E-state index contributed by atoms with van der Waals surface area (Å²) < 4.78 is 5.95. The lowest BCUT2D eigenvalue weighted by Gasteiger charge is -2.36. The maximum Gasteiger partial charge on any atom is 0.153 e. The summed E-state index contributed by atoms with van der Waals surface area (Å²) in [6.45, 7) is 9.55. The first-order valence-electron chi connectivity index (χ1n) is 10.1. The van der Waals surface area contributed by atoms with Crippen LogP contribution in [0.15, 0.2) is 95.5 Å². The molecule has 0 spiro atoms. The standard InChI is InChI=1S/C26H32BNP2/c1-22(2)30(27,23(3)4)28-29(25-16-10-6-11-17-25,26-18-12-7-13-19-26)21-20-24-14-8-5-9-15-24/h5-19,22-23H,1-4,27H3. The lowest BCUT2D eigenvalue weighted by atomic mass is 10.2. The predicted octanol–water partition coefficient (Wildman–Crippen LogP) is 5.88. The summed E-state index contributed by atoms with van der Waals surface area (Å²) in [6.07, 6.45) is 0. The molecular formula is C26H32BNP2. The van der Waals surface area contributed by atoms with Crippen LogP contribution in [0.1, 0.15) is 33.3 Å². The van der Waals surface area contributed by atoms with E-state index in [9.17, 15) is 0 Å². The van der Waals surface area contributed by atoms with Crippen LogP contribution in [-0.4, -0.2) is 18.9 Å². The van der Waals surface area contributed by atoms with Gasteiger partial charge in [0.2, 0.25) is 0 Å². The van der Waals surface area contributed by atoms with Crippen LogP contribution in [0.2, 0.25) is 0 Å². The summed E-state index contributed by atoms with van der Waals surface area (Å²) in [5.41, 5.74) is 6.13. The molecule has 0 N–H and O–H groups in total. The van der Waals surface area contributed by atoms with E-state index in [0.29, 0.717) is 11.3 Å². The van der Waals surface area contributed by atoms with Gasteiger partial charge in [-0.2, -0.15) is 4.52 Å². The van der Waals surface area contributed by atoms with Crippen molar-refractivity contribution in [2.45, 2.75) is 39.0 Å². The minimum Gasteiger partial charge on any atom is -0.177 e. The molecule has 0 aliphatic heterocycles. The highest BCUT2D eigenvalue weighted by Gasteiger charge is 2.37. The molecule has 0 saturated carbocycles. The summed E-state index contributed by atoms with van der Waals surface area (Å²) in [4.78, 5) is 0. The second kappa shape index (κ2) is 9.83. The normalized spacial score (nSPS) is 11.8. The molecule has 0 aromatic heterocycles. The van der Waals surface area contributed by atoms with Crippen molar-refractivity contribution in [3.63, 3.8) is 0 Å². The fourth-order valence-corrected chi connectivity index (χ4v) is 10.5. The molecule has 0 aliphatic rings. The van der Waals surface area contributed by atoms with Gasteiger partial charge in [0.15, 0.2) is 7.57 Å². The first-order chi connectivity index (χ1) is 14.4. The summed E-state index contributed by atoms with van der Waals surface area (Å²) in [6, 6.07) is 32.1. The Morgan fingerprint density at radius 1 is 0.700 bits per heavy atom. The fraction of sp³-hybridized carbons (Fsp3) is 0.231. The number of benzene rings is 3. The van der Waals surface area contributed by atoms with Crippen molar-refractivity contribution in [2.24, 2.45) is 4.52 Å². The van der Waals surface area contributed by atoms with Crippen LogP contribution in [0, 0.1) is 11.6 Å². The first kappa shape index (κ1) is 22.6. The minimum atomic E-state index is -2.22. The minimum absolute atomic E-state index is 0.0559. The van der Waals surface area contributed by atoms with Gasteiger partial charge in [-0.25, -0.2) is 0 Å². The molecule has 4 heteroatoms. The van der Waals surface area contributed by atoms with Gasteiger partial charge in [-0.05, 0) is 52.8 Å². The van der Waals surface area contributed by atoms with E-state index in [1.165, 1.54) is 10.6 Å². The van der Waals surface area contributed by atoms with E-state index < -0.39 is 14.3 Å². The van der Waals surface area contributed by atoms with Gasteiger partial charge in [0.05, 0.1) is 0 Å². The third-order valence-corrected chi connectivity index (χ3v) is 11.2. The Labute approximate surface area is 184 Å². The highest BCUT2D eigenvalue weighted by molar-refractivity contribution is 8.02. The van der Waals surface area contributed by atoms with E-state index in [1.54, 1.807) is 0 Å². The zero-order valence-electron chi connectivity index (χ0n) is 17.7. The Bertz CT molecular complexity index is 1010. The molecule has 0 heterocycles. The predicted molar refractivity (Wildman–Crippen MR) is 142 cm³/mol. The lowest BCUT2D eigenvalue weighted by molar-refractivity contribution is 0.999. The number of nitrogens with zero attached hydrogens (tertiary/aromatic N) is 1. The van der Waals surface area contributed by atoms with Crippen LogP contribution in [0.25, 0.3) is 0 Å². The third-order valence-electron chi connectivity index (χ3n) is 4.69. The van der Waals surface area contributed by atoms with E-state index in [1.807, 2.05) is 6.07 Å². The van der Waals surface area contributed by atoms with Gasteiger partial charge in [-0.15, -0.1) is 0 Å². The van der Waals surface area contributed by atoms with Crippen molar-refractivity contribution in [1.82, 2.24) is 0 Å². The Kier molecular flexibility index (Phi) is 7.42. The van der Waals surface area contributed by atoms with Crippen molar-refractivity contribution < 1.29 is 0 Å². The summed E-state index contributed by atoms with van der Waals surface area (Å²) in [7, 11) is -3.53. The van der Waals surface area contributed by atoms with Crippen molar-refractivity contribution in [2.75, 3.05) is 0 Å². The molecule has 0 atom stereocenters. The van der Waals surface area contributed by atoms with Gasteiger partial charge in [-0.1, -0.05) is 84.8 Å². The van der Waals surface area contributed by atoms with E-state index in [2.05, 4.69) is 124 Å². The molecule has 3 rings (SSSR count). The van der Waals surface area contributed by atoms with Crippen LogP contribution in [0.4, 0.5) is 0 Å². The SMILES string of the molecule is [BH3-][P+](N=P(C#Cc1ccccc1)(c1ccccc1)c1ccccc1)(C(C)C)C(C)C. The first-order valence-corrected chi connectivity index (χ1v) is 13.3. The summed E-state index contributed by atoms with van der Waals surface area (Å²) in [5.74, 6) is 3.53. The Balaban J connectivity index is 2.42. The topological polar surface area (TPSA) is 12.4 Å². The zero-order chi connectivity index (χ0) is 21.6. The van der Waals surface area contributed by atoms with Gasteiger partial charge in [0, 0.05) is 27.5 Å². The summed E-state index contributed by atoms with van der Waals surface area (Å²) >= 11 is 0. The highest BCUT2D eigenvalue weighted by Crippen LogP contribution is 2.70. The number of hydrogen-bond acceptors (Lipinski definition) is 1. The van der Waals surface area contributed by atoms with Crippen LogP contribution in [0.5, 0.6) is 0 Å². The van der Waals surface area contributed by atoms with Crippen LogP contribution in [0.3, 0.4) is 0 Å². The van der Waals surface area contributed by atoms with E-state index in [0.717, 1.165) is 5.56 Å². The largest absolute Gasteiger partial charge is 0.177 e. The fourth-order valence-electron chi connectivity index (χ4n) is 3.32. The van der Waals surface area contributed by atoms with Gasteiger partial charge < -0.3 is 0 Å². The average Bonchev–Trinajstić information content (AvgIpc) is 2.78. The molecule has 1 nitrogen and oxygen atoms in total. The van der Waals surface area contributed by atoms with Crippen LogP contribution in [-0.2, 0) is 0 Å². The van der Waals surface area contributed by atoms with E-state index in [4.69, 9.17) is 4.52 Å². The molecule has 0 aliphatic carbocycles. The van der Waals surface area contributed by atoms with Crippen LogP contribution < -0.4 is 10.6 Å². The molecule has 0 bridgehead atoms. The van der Waals surface area contributed by atoms with Crippen molar-refractivity contribution in [3.8, 4) is 11.6 Å². The molecule has 0 radical (unpaired) electrons. The molecule has 3 aromatic carbocycles. The number of hydrogen-bond donors (Lipinski definition) is 0. The lowest BCUT2D eigenvalue weighted by Crippen LogP contribution is -2.19. The van der Waals surface area contributed by atoms with Crippen molar-refractivity contribution in [3.05, 3.63) is 96.6 Å². The molecule has 0 fully saturated rings. The quantitative estimate of drug-likeness (QED) is 0.272. The third kappa shape index (κ3) is 4.81. The Morgan fingerprint density at radius 3 is 1.50 bits per heavy atom. The molecular weight excluding hydrogens is 399 g/mol. The maximum absolute atomic E-state index is 5.95. The molecule has 3 aromatic rings. The second-order valence-corrected chi connectivity index (χ2v) is 13.6. The van der Waals surface area contributed by atoms with Crippen molar-refractivity contribution in [1.29, 1.82) is 0 Å². The van der Waals surface area contributed by atoms with E-state index in [-0.39, 0.29) is 7.57 Å². The smallest absolute Gasteiger partial charge is 0.153 e. The zero-order valence-corrected chi connectivity index (χ0v) is 19.4. The number of rotatable bonds is 5. The molecule has 30 heavy (non-hydrogen) atoms.